The molecular formula is C17H15Cl2NO5S2. The van der Waals surface area contributed by atoms with Gasteiger partial charge >= 0.3 is 5.97 Å². The number of benzene rings is 1. The lowest BCUT2D eigenvalue weighted by molar-refractivity contribution is 0.0527. The van der Waals surface area contributed by atoms with Gasteiger partial charge in [0.1, 0.15) is 5.00 Å². The molecule has 1 N–H and O–H groups in total. The number of rotatable bonds is 4. The van der Waals surface area contributed by atoms with Gasteiger partial charge in [0.25, 0.3) is 5.91 Å². The molecule has 1 aromatic carbocycles. The second-order valence-corrected chi connectivity index (χ2v) is 9.98. The predicted octanol–water partition coefficient (Wildman–Crippen LogP) is 3.95. The maximum Gasteiger partial charge on any atom is 0.341 e. The Labute approximate surface area is 170 Å². The van der Waals surface area contributed by atoms with Crippen LogP contribution in [0.1, 0.15) is 38.1 Å². The Morgan fingerprint density at radius 2 is 2.04 bits per heavy atom. The van der Waals surface area contributed by atoms with Crippen LogP contribution in [0.4, 0.5) is 5.00 Å². The summed E-state index contributed by atoms with van der Waals surface area (Å²) in [5.74, 6) is -1.35. The number of hydrogen-bond acceptors (Lipinski definition) is 6. The molecule has 1 aliphatic rings. The number of fused-ring (bicyclic) bond motifs is 1. The van der Waals surface area contributed by atoms with E-state index in [1.165, 1.54) is 12.1 Å². The Balaban J connectivity index is 2.01. The number of carbonyl (C=O) groups is 2. The van der Waals surface area contributed by atoms with E-state index in [2.05, 4.69) is 5.32 Å². The number of amides is 1. The summed E-state index contributed by atoms with van der Waals surface area (Å²) < 4.78 is 28.9. The Morgan fingerprint density at radius 3 is 2.74 bits per heavy atom. The Hall–Kier alpha value is -1.61. The van der Waals surface area contributed by atoms with E-state index in [0.29, 0.717) is 15.5 Å². The van der Waals surface area contributed by atoms with Gasteiger partial charge < -0.3 is 10.1 Å². The molecule has 2 aromatic rings. The fourth-order valence-electron chi connectivity index (χ4n) is 2.77. The minimum absolute atomic E-state index is 0.0450. The van der Waals surface area contributed by atoms with Crippen LogP contribution in [0.5, 0.6) is 0 Å². The first-order valence-electron chi connectivity index (χ1n) is 8.00. The molecule has 3 rings (SSSR count). The van der Waals surface area contributed by atoms with Gasteiger partial charge in [0, 0.05) is 9.90 Å². The van der Waals surface area contributed by atoms with E-state index in [1.807, 2.05) is 0 Å². The summed E-state index contributed by atoms with van der Waals surface area (Å²) in [6.45, 7) is 1.83. The number of esters is 1. The number of halogens is 2. The van der Waals surface area contributed by atoms with Gasteiger partial charge in [0.15, 0.2) is 9.84 Å². The third-order valence-electron chi connectivity index (χ3n) is 3.98. The van der Waals surface area contributed by atoms with Gasteiger partial charge in [-0.15, -0.1) is 11.3 Å². The van der Waals surface area contributed by atoms with E-state index >= 15 is 0 Å². The first kappa shape index (κ1) is 20.1. The molecule has 2 heterocycles. The van der Waals surface area contributed by atoms with Crippen LogP contribution in [0.2, 0.25) is 10.0 Å². The van der Waals surface area contributed by atoms with Crippen LogP contribution in [0, 0.1) is 0 Å². The van der Waals surface area contributed by atoms with Crippen LogP contribution in [0.15, 0.2) is 18.2 Å². The van der Waals surface area contributed by atoms with E-state index in [1.54, 1.807) is 13.0 Å². The number of thiophene rings is 1. The molecule has 0 bridgehead atoms. The zero-order chi connectivity index (χ0) is 19.8. The topological polar surface area (TPSA) is 89.5 Å². The van der Waals surface area contributed by atoms with Crippen molar-refractivity contribution in [3.05, 3.63) is 49.8 Å². The molecule has 0 saturated heterocycles. The van der Waals surface area contributed by atoms with Crippen LogP contribution >= 0.6 is 34.5 Å². The number of carbonyl (C=O) groups excluding carboxylic acids is 2. The predicted molar refractivity (Wildman–Crippen MR) is 106 cm³/mol. The van der Waals surface area contributed by atoms with Crippen molar-refractivity contribution in [2.45, 2.75) is 19.1 Å². The second kappa shape index (κ2) is 7.79. The summed E-state index contributed by atoms with van der Waals surface area (Å²) in [5.41, 5.74) is 0.969. The van der Waals surface area contributed by atoms with Crippen molar-refractivity contribution in [3.8, 4) is 0 Å². The average Bonchev–Trinajstić information content (AvgIpc) is 2.92. The lowest BCUT2D eigenvalue weighted by atomic mass is 10.1. The largest absolute Gasteiger partial charge is 0.462 e. The zero-order valence-corrected chi connectivity index (χ0v) is 17.3. The fraction of sp³-hybridized carbons (Fsp3) is 0.294. The molecule has 0 fully saturated rings. The van der Waals surface area contributed by atoms with Crippen LogP contribution in [-0.4, -0.2) is 32.7 Å². The molecule has 0 radical (unpaired) electrons. The number of ether oxygens (including phenoxy) is 1. The van der Waals surface area contributed by atoms with Crippen molar-refractivity contribution >= 4 is 61.3 Å². The van der Waals surface area contributed by atoms with Crippen molar-refractivity contribution in [1.29, 1.82) is 0 Å². The van der Waals surface area contributed by atoms with Gasteiger partial charge in [-0.2, -0.15) is 0 Å². The van der Waals surface area contributed by atoms with Crippen molar-refractivity contribution in [1.82, 2.24) is 0 Å². The Morgan fingerprint density at radius 1 is 1.30 bits per heavy atom. The van der Waals surface area contributed by atoms with Gasteiger partial charge in [-0.1, -0.05) is 23.2 Å². The third-order valence-corrected chi connectivity index (χ3v) is 7.43. The smallest absolute Gasteiger partial charge is 0.341 e. The van der Waals surface area contributed by atoms with Crippen LogP contribution in [0.25, 0.3) is 0 Å². The van der Waals surface area contributed by atoms with Crippen LogP contribution in [0.3, 0.4) is 0 Å². The van der Waals surface area contributed by atoms with Crippen molar-refractivity contribution < 1.29 is 22.7 Å². The van der Waals surface area contributed by atoms with E-state index < -0.39 is 21.7 Å². The molecule has 0 aliphatic carbocycles. The lowest BCUT2D eigenvalue weighted by Gasteiger charge is -2.13. The van der Waals surface area contributed by atoms with Gasteiger partial charge in [-0.25, -0.2) is 13.2 Å². The molecule has 27 heavy (non-hydrogen) atoms. The highest BCUT2D eigenvalue weighted by Gasteiger charge is 2.32. The van der Waals surface area contributed by atoms with E-state index in [0.717, 1.165) is 11.3 Å². The zero-order valence-electron chi connectivity index (χ0n) is 14.2. The minimum atomic E-state index is -3.22. The van der Waals surface area contributed by atoms with Gasteiger partial charge in [-0.3, -0.25) is 4.79 Å². The number of nitrogens with one attached hydrogen (secondary N) is 1. The molecule has 10 heteroatoms. The van der Waals surface area contributed by atoms with Crippen molar-refractivity contribution in [2.75, 3.05) is 17.7 Å². The van der Waals surface area contributed by atoms with E-state index in [-0.39, 0.29) is 45.7 Å². The highest BCUT2D eigenvalue weighted by molar-refractivity contribution is 7.90. The molecule has 1 amide bonds. The highest BCUT2D eigenvalue weighted by atomic mass is 35.5. The molecule has 6 nitrogen and oxygen atoms in total. The maximum atomic E-state index is 12.6. The Bertz CT molecular complexity index is 1030. The molecule has 0 saturated carbocycles. The molecule has 1 aromatic heterocycles. The maximum absolute atomic E-state index is 12.6. The molecule has 1 aliphatic heterocycles. The molecular weight excluding hydrogens is 433 g/mol. The summed E-state index contributed by atoms with van der Waals surface area (Å²) >= 11 is 13.0. The standard InChI is InChI=1S/C17H15Cl2NO5S2/c1-2-25-17(22)14-10-5-6-27(23,24)8-13(10)26-16(14)20-15(21)11-7-9(18)3-4-12(11)19/h3-4,7H,2,5-6,8H2,1H3,(H,20,21). The average molecular weight is 448 g/mol. The molecule has 144 valence electrons. The summed E-state index contributed by atoms with van der Waals surface area (Å²) in [6, 6.07) is 4.47. The second-order valence-electron chi connectivity index (χ2n) is 5.85. The SMILES string of the molecule is CCOC(=O)c1c(NC(=O)c2cc(Cl)ccc2Cl)sc2c1CCS(=O)(=O)C2. The normalized spacial score (nSPS) is 15.1. The molecule has 0 spiro atoms. The van der Waals surface area contributed by atoms with Gasteiger partial charge in [0.2, 0.25) is 0 Å². The third kappa shape index (κ3) is 4.29. The fourth-order valence-corrected chi connectivity index (χ4v) is 6.18. The van der Waals surface area contributed by atoms with Gasteiger partial charge in [-0.05, 0) is 37.1 Å². The number of hydrogen-bond donors (Lipinski definition) is 1. The quantitative estimate of drug-likeness (QED) is 0.716. The summed E-state index contributed by atoms with van der Waals surface area (Å²) in [6.07, 6.45) is 0.204. The number of anilines is 1. The Kier molecular flexibility index (Phi) is 5.81. The summed E-state index contributed by atoms with van der Waals surface area (Å²) in [4.78, 5) is 25.6. The summed E-state index contributed by atoms with van der Waals surface area (Å²) in [7, 11) is -3.22. The monoisotopic (exact) mass is 447 g/mol. The van der Waals surface area contributed by atoms with Gasteiger partial charge in [0.05, 0.1) is 34.3 Å². The van der Waals surface area contributed by atoms with Crippen molar-refractivity contribution in [3.63, 3.8) is 0 Å². The first-order valence-corrected chi connectivity index (χ1v) is 11.4. The number of sulfone groups is 1. The highest BCUT2D eigenvalue weighted by Crippen LogP contribution is 2.39. The molecule has 0 unspecified atom stereocenters. The van der Waals surface area contributed by atoms with Crippen LogP contribution < -0.4 is 5.32 Å². The van der Waals surface area contributed by atoms with Crippen molar-refractivity contribution in [2.24, 2.45) is 0 Å². The minimum Gasteiger partial charge on any atom is -0.462 e. The van der Waals surface area contributed by atoms with Crippen LogP contribution in [-0.2, 0) is 26.7 Å². The lowest BCUT2D eigenvalue weighted by Crippen LogP contribution is -2.20. The summed E-state index contributed by atoms with van der Waals surface area (Å²) in [5, 5.41) is 3.45. The molecule has 0 atom stereocenters. The first-order chi connectivity index (χ1) is 12.7. The van der Waals surface area contributed by atoms with E-state index in [4.69, 9.17) is 27.9 Å². The van der Waals surface area contributed by atoms with E-state index in [9.17, 15) is 18.0 Å².